The molecule has 3 unspecified atom stereocenters. The first-order valence-corrected chi connectivity index (χ1v) is 7.21. The van der Waals surface area contributed by atoms with Crippen LogP contribution in [0.5, 0.6) is 0 Å². The van der Waals surface area contributed by atoms with E-state index in [1.54, 1.807) is 7.11 Å². The van der Waals surface area contributed by atoms with Crippen LogP contribution < -0.4 is 17.2 Å². The van der Waals surface area contributed by atoms with Crippen LogP contribution >= 0.6 is 0 Å². The molecule has 1 heterocycles. The van der Waals surface area contributed by atoms with Gasteiger partial charge >= 0.3 is 0 Å². The zero-order valence-corrected chi connectivity index (χ0v) is 12.1. The SMILES string of the molecule is CO[C@@H]1CC[C@H](O)C(CN)O1.NC1CC(N)CC(O)C1. The van der Waals surface area contributed by atoms with Gasteiger partial charge in [0.25, 0.3) is 0 Å². The van der Waals surface area contributed by atoms with E-state index >= 15 is 0 Å². The molecule has 8 N–H and O–H groups in total. The van der Waals surface area contributed by atoms with Crippen LogP contribution in [-0.2, 0) is 9.47 Å². The molecule has 7 nitrogen and oxygen atoms in total. The molecule has 1 saturated carbocycles. The highest BCUT2D eigenvalue weighted by Crippen LogP contribution is 2.19. The number of ether oxygens (including phenoxy) is 2. The molecule has 20 heavy (non-hydrogen) atoms. The van der Waals surface area contributed by atoms with E-state index in [9.17, 15) is 5.11 Å². The molecule has 120 valence electrons. The molecule has 2 rings (SSSR count). The van der Waals surface area contributed by atoms with Crippen molar-refractivity contribution in [1.82, 2.24) is 0 Å². The van der Waals surface area contributed by atoms with Gasteiger partial charge in [0.05, 0.1) is 18.3 Å². The summed E-state index contributed by atoms with van der Waals surface area (Å²) < 4.78 is 10.3. The fourth-order valence-electron chi connectivity index (χ4n) is 2.61. The van der Waals surface area contributed by atoms with Gasteiger partial charge in [-0.1, -0.05) is 0 Å². The summed E-state index contributed by atoms with van der Waals surface area (Å²) in [5, 5.41) is 18.4. The third kappa shape index (κ3) is 6.01. The van der Waals surface area contributed by atoms with Gasteiger partial charge in [-0.25, -0.2) is 0 Å². The summed E-state index contributed by atoms with van der Waals surface area (Å²) in [4.78, 5) is 0. The molecule has 0 radical (unpaired) electrons. The maximum absolute atomic E-state index is 9.32. The van der Waals surface area contributed by atoms with Gasteiger partial charge in [0.2, 0.25) is 0 Å². The molecule has 1 aliphatic carbocycles. The quantitative estimate of drug-likeness (QED) is 0.424. The Morgan fingerprint density at radius 2 is 1.70 bits per heavy atom. The number of hydrogen-bond acceptors (Lipinski definition) is 7. The van der Waals surface area contributed by atoms with E-state index < -0.39 is 6.10 Å². The highest BCUT2D eigenvalue weighted by Gasteiger charge is 2.28. The fourth-order valence-corrected chi connectivity index (χ4v) is 2.61. The van der Waals surface area contributed by atoms with Crippen LogP contribution in [0.3, 0.4) is 0 Å². The van der Waals surface area contributed by atoms with Crippen LogP contribution in [0, 0.1) is 0 Å². The van der Waals surface area contributed by atoms with Crippen molar-refractivity contribution in [1.29, 1.82) is 0 Å². The molecular weight excluding hydrogens is 262 g/mol. The third-order valence-electron chi connectivity index (χ3n) is 3.70. The molecule has 1 aliphatic heterocycles. The van der Waals surface area contributed by atoms with Gasteiger partial charge in [-0.05, 0) is 25.7 Å². The van der Waals surface area contributed by atoms with Crippen molar-refractivity contribution in [2.45, 2.75) is 68.8 Å². The standard InChI is InChI=1S/C7H15NO3.C6H14N2O/c1-10-7-3-2-5(9)6(4-8)11-7;7-4-1-5(8)3-6(9)2-4/h5-7,9H,2-4,8H2,1H3;4-6,9H,1-3,7-8H2/t5-,6?,7-;/m0./s1. The lowest BCUT2D eigenvalue weighted by Crippen LogP contribution is -2.43. The highest BCUT2D eigenvalue weighted by molar-refractivity contribution is 4.82. The van der Waals surface area contributed by atoms with Crippen molar-refractivity contribution in [3.05, 3.63) is 0 Å². The lowest BCUT2D eigenvalue weighted by Gasteiger charge is -2.32. The van der Waals surface area contributed by atoms with Gasteiger partial charge in [0.1, 0.15) is 0 Å². The monoisotopic (exact) mass is 291 g/mol. The average molecular weight is 291 g/mol. The molecule has 0 aromatic heterocycles. The molecule has 0 aromatic rings. The lowest BCUT2D eigenvalue weighted by molar-refractivity contribution is -0.208. The molecular formula is C13H29N3O4. The Kier molecular flexibility index (Phi) is 7.90. The predicted octanol–water partition coefficient (Wildman–Crippen LogP) is -1.36. The molecule has 2 fully saturated rings. The van der Waals surface area contributed by atoms with Crippen molar-refractivity contribution in [2.24, 2.45) is 17.2 Å². The zero-order valence-electron chi connectivity index (χ0n) is 12.1. The summed E-state index contributed by atoms with van der Waals surface area (Å²) in [7, 11) is 1.59. The van der Waals surface area contributed by atoms with Crippen LogP contribution in [0.25, 0.3) is 0 Å². The first-order chi connectivity index (χ1) is 9.46. The smallest absolute Gasteiger partial charge is 0.157 e. The largest absolute Gasteiger partial charge is 0.393 e. The molecule has 1 saturated heterocycles. The lowest BCUT2D eigenvalue weighted by atomic mass is 9.90. The molecule has 5 atom stereocenters. The fraction of sp³-hybridized carbons (Fsp3) is 1.00. The summed E-state index contributed by atoms with van der Waals surface area (Å²) in [6, 6.07) is 0.229. The Balaban J connectivity index is 0.000000204. The summed E-state index contributed by atoms with van der Waals surface area (Å²) in [6.45, 7) is 0.348. The number of aliphatic hydroxyl groups is 2. The predicted molar refractivity (Wildman–Crippen MR) is 75.8 cm³/mol. The first kappa shape index (κ1) is 17.8. The molecule has 2 aliphatic rings. The van der Waals surface area contributed by atoms with E-state index in [0.717, 1.165) is 12.8 Å². The minimum absolute atomic E-state index is 0.115. The van der Waals surface area contributed by atoms with Crippen molar-refractivity contribution in [3.63, 3.8) is 0 Å². The summed E-state index contributed by atoms with van der Waals surface area (Å²) >= 11 is 0. The van der Waals surface area contributed by atoms with Gasteiger partial charge in [-0.15, -0.1) is 0 Å². The average Bonchev–Trinajstić information content (AvgIpc) is 2.38. The van der Waals surface area contributed by atoms with Gasteiger partial charge in [-0.2, -0.15) is 0 Å². The maximum atomic E-state index is 9.32. The van der Waals surface area contributed by atoms with Crippen molar-refractivity contribution in [2.75, 3.05) is 13.7 Å². The van der Waals surface area contributed by atoms with Crippen molar-refractivity contribution >= 4 is 0 Å². The number of nitrogens with two attached hydrogens (primary N) is 3. The van der Waals surface area contributed by atoms with E-state index in [4.69, 9.17) is 31.8 Å². The normalized spacial score (nSPS) is 41.7. The number of rotatable bonds is 2. The van der Waals surface area contributed by atoms with Crippen LogP contribution in [0.1, 0.15) is 32.1 Å². The van der Waals surface area contributed by atoms with Gasteiger partial charge in [0, 0.05) is 32.2 Å². The van der Waals surface area contributed by atoms with Gasteiger partial charge < -0.3 is 36.9 Å². The number of hydrogen-bond donors (Lipinski definition) is 5. The van der Waals surface area contributed by atoms with Crippen LogP contribution in [0.2, 0.25) is 0 Å². The molecule has 0 aromatic carbocycles. The van der Waals surface area contributed by atoms with E-state index in [0.29, 0.717) is 25.8 Å². The zero-order chi connectivity index (χ0) is 15.1. The van der Waals surface area contributed by atoms with E-state index in [1.165, 1.54) is 0 Å². The topological polar surface area (TPSA) is 137 Å². The Morgan fingerprint density at radius 1 is 1.10 bits per heavy atom. The molecule has 7 heteroatoms. The number of aliphatic hydroxyl groups excluding tert-OH is 2. The van der Waals surface area contributed by atoms with E-state index in [2.05, 4.69) is 0 Å². The Bertz CT molecular complexity index is 245. The Hall–Kier alpha value is -0.280. The van der Waals surface area contributed by atoms with Gasteiger partial charge in [-0.3, -0.25) is 0 Å². The van der Waals surface area contributed by atoms with E-state index in [1.807, 2.05) is 0 Å². The highest BCUT2D eigenvalue weighted by atomic mass is 16.7. The maximum Gasteiger partial charge on any atom is 0.157 e. The van der Waals surface area contributed by atoms with Crippen LogP contribution in [0.15, 0.2) is 0 Å². The second kappa shape index (κ2) is 8.89. The first-order valence-electron chi connectivity index (χ1n) is 7.21. The molecule has 0 bridgehead atoms. The Morgan fingerprint density at radius 3 is 2.15 bits per heavy atom. The summed E-state index contributed by atoms with van der Waals surface area (Å²) in [6.07, 6.45) is 2.61. The molecule has 0 spiro atoms. The summed E-state index contributed by atoms with van der Waals surface area (Å²) in [5.41, 5.74) is 16.5. The number of methoxy groups -OCH3 is 1. The van der Waals surface area contributed by atoms with Crippen molar-refractivity contribution < 1.29 is 19.7 Å². The third-order valence-corrected chi connectivity index (χ3v) is 3.70. The van der Waals surface area contributed by atoms with Crippen molar-refractivity contribution in [3.8, 4) is 0 Å². The van der Waals surface area contributed by atoms with Crippen LogP contribution in [0.4, 0.5) is 0 Å². The minimum Gasteiger partial charge on any atom is -0.393 e. The summed E-state index contributed by atoms with van der Waals surface area (Å²) in [5.74, 6) is 0. The molecule has 0 amide bonds. The Labute approximate surface area is 120 Å². The van der Waals surface area contributed by atoms with E-state index in [-0.39, 0.29) is 30.6 Å². The second-order valence-corrected chi connectivity index (χ2v) is 5.60. The minimum atomic E-state index is -0.425. The second-order valence-electron chi connectivity index (χ2n) is 5.60. The van der Waals surface area contributed by atoms with Gasteiger partial charge in [0.15, 0.2) is 6.29 Å². The van der Waals surface area contributed by atoms with Crippen LogP contribution in [-0.4, -0.2) is 60.6 Å².